The van der Waals surface area contributed by atoms with Crippen LogP contribution in [0.25, 0.3) is 0 Å². The molecule has 1 N–H and O–H groups in total. The molecule has 2 aromatic rings. The highest BCUT2D eigenvalue weighted by atomic mass is 79.9. The normalized spacial score (nSPS) is 11.5. The van der Waals surface area contributed by atoms with Gasteiger partial charge in [0.1, 0.15) is 5.75 Å². The van der Waals surface area contributed by atoms with Gasteiger partial charge in [0.2, 0.25) is 0 Å². The van der Waals surface area contributed by atoms with Crippen molar-refractivity contribution in [3.63, 3.8) is 0 Å². The molecule has 96 valence electrons. The van der Waals surface area contributed by atoms with Gasteiger partial charge in [0.15, 0.2) is 0 Å². The minimum atomic E-state index is 0.172. The third-order valence-corrected chi connectivity index (χ3v) is 3.35. The van der Waals surface area contributed by atoms with Crippen LogP contribution in [0, 0.1) is 0 Å². The molecular weight excluding hydrogens is 372 g/mol. The fraction of sp³-hybridized carbons (Fsp3) is 0. The van der Waals surface area contributed by atoms with E-state index < -0.39 is 0 Å². The molecule has 19 heavy (non-hydrogen) atoms. The largest absolute Gasteiger partial charge is 0.507 e. The van der Waals surface area contributed by atoms with E-state index in [-0.39, 0.29) is 5.75 Å². The first-order chi connectivity index (χ1) is 9.15. The standard InChI is InChI=1S/C14H10Br2N2O/c15-12-3-1-10(2-4-12)8-17-18-9-11-7-13(16)5-6-14(11)19/h1-9,19H/b17-8?,18-9+. The summed E-state index contributed by atoms with van der Waals surface area (Å²) in [5.74, 6) is 0.172. The van der Waals surface area contributed by atoms with Crippen molar-refractivity contribution in [2.24, 2.45) is 10.2 Å². The molecular formula is C14H10Br2N2O. The maximum absolute atomic E-state index is 9.61. The van der Waals surface area contributed by atoms with E-state index in [0.29, 0.717) is 5.56 Å². The zero-order valence-electron chi connectivity index (χ0n) is 9.79. The van der Waals surface area contributed by atoms with Gasteiger partial charge in [-0.15, -0.1) is 0 Å². The zero-order valence-corrected chi connectivity index (χ0v) is 13.0. The second-order valence-electron chi connectivity index (χ2n) is 3.74. The molecule has 0 aliphatic carbocycles. The van der Waals surface area contributed by atoms with E-state index in [2.05, 4.69) is 42.1 Å². The molecule has 0 radical (unpaired) electrons. The Kier molecular flexibility index (Phi) is 4.87. The lowest BCUT2D eigenvalue weighted by Gasteiger charge is -1.97. The van der Waals surface area contributed by atoms with Gasteiger partial charge in [-0.3, -0.25) is 0 Å². The maximum Gasteiger partial charge on any atom is 0.124 e. The van der Waals surface area contributed by atoms with Gasteiger partial charge in [0, 0.05) is 14.5 Å². The summed E-state index contributed by atoms with van der Waals surface area (Å²) in [5, 5.41) is 17.5. The molecule has 0 amide bonds. The van der Waals surface area contributed by atoms with Gasteiger partial charge in [-0.25, -0.2) is 0 Å². The van der Waals surface area contributed by atoms with Gasteiger partial charge in [-0.05, 0) is 35.9 Å². The molecule has 2 aromatic carbocycles. The molecule has 0 saturated carbocycles. The number of aromatic hydroxyl groups is 1. The van der Waals surface area contributed by atoms with Crippen LogP contribution >= 0.6 is 31.9 Å². The third kappa shape index (κ3) is 4.29. The summed E-state index contributed by atoms with van der Waals surface area (Å²) in [5.41, 5.74) is 1.57. The average Bonchev–Trinajstić information content (AvgIpc) is 2.40. The number of hydrogen-bond donors (Lipinski definition) is 1. The fourth-order valence-corrected chi connectivity index (χ4v) is 2.02. The average molecular weight is 382 g/mol. The lowest BCUT2D eigenvalue weighted by molar-refractivity contribution is 0.474. The first-order valence-electron chi connectivity index (χ1n) is 5.45. The zero-order chi connectivity index (χ0) is 13.7. The molecule has 0 heterocycles. The molecule has 0 unspecified atom stereocenters. The Labute approximate surface area is 128 Å². The van der Waals surface area contributed by atoms with E-state index >= 15 is 0 Å². The highest BCUT2D eigenvalue weighted by Crippen LogP contribution is 2.20. The van der Waals surface area contributed by atoms with E-state index in [0.717, 1.165) is 14.5 Å². The molecule has 3 nitrogen and oxygen atoms in total. The minimum Gasteiger partial charge on any atom is -0.507 e. The molecule has 0 spiro atoms. The first kappa shape index (κ1) is 14.0. The summed E-state index contributed by atoms with van der Waals surface area (Å²) in [6, 6.07) is 12.9. The number of benzene rings is 2. The highest BCUT2D eigenvalue weighted by molar-refractivity contribution is 9.10. The van der Waals surface area contributed by atoms with Gasteiger partial charge in [-0.1, -0.05) is 44.0 Å². The number of hydrogen-bond acceptors (Lipinski definition) is 3. The van der Waals surface area contributed by atoms with Crippen molar-refractivity contribution in [1.29, 1.82) is 0 Å². The molecule has 0 saturated heterocycles. The number of phenolic OH excluding ortho intramolecular Hbond substituents is 1. The van der Waals surface area contributed by atoms with Crippen LogP contribution in [0.5, 0.6) is 5.75 Å². The quantitative estimate of drug-likeness (QED) is 0.622. The van der Waals surface area contributed by atoms with Crippen LogP contribution in [-0.2, 0) is 0 Å². The molecule has 0 atom stereocenters. The van der Waals surface area contributed by atoms with Crippen molar-refractivity contribution in [1.82, 2.24) is 0 Å². The number of rotatable bonds is 3. The van der Waals surface area contributed by atoms with E-state index in [1.807, 2.05) is 24.3 Å². The minimum absolute atomic E-state index is 0.172. The van der Waals surface area contributed by atoms with Crippen LogP contribution in [-0.4, -0.2) is 17.5 Å². The van der Waals surface area contributed by atoms with Gasteiger partial charge in [0.05, 0.1) is 12.4 Å². The molecule has 0 aromatic heterocycles. The molecule has 0 fully saturated rings. The van der Waals surface area contributed by atoms with Gasteiger partial charge in [-0.2, -0.15) is 10.2 Å². The Balaban J connectivity index is 2.07. The van der Waals surface area contributed by atoms with Crippen LogP contribution < -0.4 is 0 Å². The Bertz CT molecular complexity index is 622. The number of phenols is 1. The van der Waals surface area contributed by atoms with Crippen molar-refractivity contribution >= 4 is 44.3 Å². The lowest BCUT2D eigenvalue weighted by atomic mass is 10.2. The summed E-state index contributed by atoms with van der Waals surface area (Å²) >= 11 is 6.70. The summed E-state index contributed by atoms with van der Waals surface area (Å²) in [6.07, 6.45) is 3.16. The number of halogens is 2. The number of nitrogens with zero attached hydrogens (tertiary/aromatic N) is 2. The summed E-state index contributed by atoms with van der Waals surface area (Å²) in [4.78, 5) is 0. The summed E-state index contributed by atoms with van der Waals surface area (Å²) < 4.78 is 1.90. The van der Waals surface area contributed by atoms with Crippen molar-refractivity contribution in [3.05, 3.63) is 62.5 Å². The SMILES string of the molecule is Oc1ccc(Br)cc1/C=N/N=Cc1ccc(Br)cc1. The van der Waals surface area contributed by atoms with Crippen LogP contribution in [0.3, 0.4) is 0 Å². The Morgan fingerprint density at radius 2 is 1.47 bits per heavy atom. The topological polar surface area (TPSA) is 45.0 Å². The molecule has 0 aliphatic rings. The molecule has 5 heteroatoms. The van der Waals surface area contributed by atoms with Crippen LogP contribution in [0.15, 0.2) is 61.6 Å². The van der Waals surface area contributed by atoms with Gasteiger partial charge < -0.3 is 5.11 Å². The summed E-state index contributed by atoms with van der Waals surface area (Å²) in [6.45, 7) is 0. The van der Waals surface area contributed by atoms with Crippen molar-refractivity contribution < 1.29 is 5.11 Å². The van der Waals surface area contributed by atoms with Crippen molar-refractivity contribution in [3.8, 4) is 5.75 Å². The van der Waals surface area contributed by atoms with Gasteiger partial charge in [0.25, 0.3) is 0 Å². The predicted molar refractivity (Wildman–Crippen MR) is 85.1 cm³/mol. The van der Waals surface area contributed by atoms with Crippen molar-refractivity contribution in [2.75, 3.05) is 0 Å². The second kappa shape index (κ2) is 6.63. The van der Waals surface area contributed by atoms with Crippen LogP contribution in [0.4, 0.5) is 0 Å². The lowest BCUT2D eigenvalue weighted by Crippen LogP contribution is -1.83. The third-order valence-electron chi connectivity index (χ3n) is 2.33. The smallest absolute Gasteiger partial charge is 0.124 e. The fourth-order valence-electron chi connectivity index (χ4n) is 1.37. The Morgan fingerprint density at radius 3 is 2.21 bits per heavy atom. The van der Waals surface area contributed by atoms with Crippen LogP contribution in [0.1, 0.15) is 11.1 Å². The monoisotopic (exact) mass is 380 g/mol. The van der Waals surface area contributed by atoms with E-state index in [9.17, 15) is 5.11 Å². The van der Waals surface area contributed by atoms with E-state index in [1.54, 1.807) is 24.4 Å². The van der Waals surface area contributed by atoms with E-state index in [1.165, 1.54) is 6.21 Å². The van der Waals surface area contributed by atoms with Crippen molar-refractivity contribution in [2.45, 2.75) is 0 Å². The first-order valence-corrected chi connectivity index (χ1v) is 7.04. The van der Waals surface area contributed by atoms with E-state index in [4.69, 9.17) is 0 Å². The summed E-state index contributed by atoms with van der Waals surface area (Å²) in [7, 11) is 0. The molecule has 0 bridgehead atoms. The Hall–Kier alpha value is -1.46. The molecule has 0 aliphatic heterocycles. The highest BCUT2D eigenvalue weighted by Gasteiger charge is 1.97. The Morgan fingerprint density at radius 1 is 0.842 bits per heavy atom. The second-order valence-corrected chi connectivity index (χ2v) is 5.58. The van der Waals surface area contributed by atoms with Crippen LogP contribution in [0.2, 0.25) is 0 Å². The maximum atomic E-state index is 9.61. The predicted octanol–water partition coefficient (Wildman–Crippen LogP) is 4.37. The molecule has 2 rings (SSSR count). The van der Waals surface area contributed by atoms with Gasteiger partial charge >= 0.3 is 0 Å².